The molecule has 0 spiro atoms. The Morgan fingerprint density at radius 1 is 0.303 bits per heavy atom. The van der Waals surface area contributed by atoms with Crippen molar-refractivity contribution < 1.29 is 0 Å². The Labute approximate surface area is 383 Å². The third-order valence-corrected chi connectivity index (χ3v) is 14.6. The van der Waals surface area contributed by atoms with Gasteiger partial charge in [0, 0.05) is 58.9 Å². The number of hydrogen-bond donors (Lipinski definition) is 0. The Kier molecular flexibility index (Phi) is 8.12. The van der Waals surface area contributed by atoms with E-state index in [1.165, 1.54) is 79.6 Å². The Hall–Kier alpha value is -8.51. The lowest BCUT2D eigenvalue weighted by atomic mass is 9.93. The molecule has 0 saturated heterocycles. The van der Waals surface area contributed by atoms with Gasteiger partial charge in [0.15, 0.2) is 17.5 Å². The first-order chi connectivity index (χ1) is 32.7. The molecule has 0 fully saturated rings. The van der Waals surface area contributed by atoms with E-state index >= 15 is 0 Å². The van der Waals surface area contributed by atoms with Crippen LogP contribution in [0.15, 0.2) is 218 Å². The van der Waals surface area contributed by atoms with Crippen molar-refractivity contribution in [2.45, 2.75) is 0 Å². The van der Waals surface area contributed by atoms with Crippen LogP contribution in [0, 0.1) is 0 Å². The predicted molar refractivity (Wildman–Crippen MR) is 279 cm³/mol. The molecular weight excluding hydrogens is 821 g/mol. The highest BCUT2D eigenvalue weighted by Gasteiger charge is 2.22. The van der Waals surface area contributed by atoms with E-state index in [0.717, 1.165) is 39.0 Å². The molecule has 0 radical (unpaired) electrons. The molecule has 66 heavy (non-hydrogen) atoms. The van der Waals surface area contributed by atoms with Crippen LogP contribution in [0.3, 0.4) is 0 Å². The van der Waals surface area contributed by atoms with Gasteiger partial charge in [0.2, 0.25) is 0 Å². The summed E-state index contributed by atoms with van der Waals surface area (Å²) in [6, 6.07) is 78.7. The molecule has 0 saturated carbocycles. The fourth-order valence-corrected chi connectivity index (χ4v) is 11.6. The van der Waals surface area contributed by atoms with Crippen LogP contribution < -0.4 is 0 Å². The van der Waals surface area contributed by atoms with Crippen LogP contribution in [0.4, 0.5) is 0 Å². The molecule has 0 amide bonds. The Balaban J connectivity index is 1.05. The Morgan fingerprint density at radius 3 is 1.67 bits per heavy atom. The van der Waals surface area contributed by atoms with Gasteiger partial charge >= 0.3 is 0 Å². The molecule has 0 bridgehead atoms. The second-order valence-electron chi connectivity index (χ2n) is 17.1. The van der Waals surface area contributed by atoms with Crippen molar-refractivity contribution in [1.82, 2.24) is 19.5 Å². The molecular formula is C61H36N4S. The van der Waals surface area contributed by atoms with Crippen molar-refractivity contribution in [3.05, 3.63) is 218 Å². The van der Waals surface area contributed by atoms with E-state index < -0.39 is 0 Å². The molecule has 5 heteroatoms. The number of fused-ring (bicyclic) bond motifs is 13. The van der Waals surface area contributed by atoms with Crippen molar-refractivity contribution in [3.8, 4) is 51.0 Å². The summed E-state index contributed by atoms with van der Waals surface area (Å²) in [7, 11) is 0. The smallest absolute Gasteiger partial charge is 0.164 e. The van der Waals surface area contributed by atoms with Gasteiger partial charge in [-0.05, 0) is 97.2 Å². The zero-order valence-electron chi connectivity index (χ0n) is 35.5. The molecule has 0 aliphatic carbocycles. The van der Waals surface area contributed by atoms with Gasteiger partial charge in [0.1, 0.15) is 0 Å². The zero-order valence-corrected chi connectivity index (χ0v) is 36.3. The van der Waals surface area contributed by atoms with Crippen molar-refractivity contribution in [2.75, 3.05) is 0 Å². The summed E-state index contributed by atoms with van der Waals surface area (Å²) in [6.07, 6.45) is 0. The number of hydrogen-bond acceptors (Lipinski definition) is 4. The SMILES string of the molecule is c1ccc(-c2nc(-c3ccc4c5ccccc5c5ccccc5c4c3)nc(-c3ccc(-n4c5ccccc5c5cc6ccccc6cc54)cc3-c3cccc4c3sc3ccccc34)n2)cc1. The van der Waals surface area contributed by atoms with Crippen LogP contribution in [0.25, 0.3) is 136 Å². The molecule has 0 aliphatic rings. The standard InChI is InChI=1S/C61H36N4S/c1-2-15-37(16-3-1)59-62-60(40-29-31-46-44-21-7-6-19-42(44)43-20-8-9-22-45(43)52(46)34-40)64-61(63-59)51-32-30-41(36-53(51)50-26-14-25-49-48-24-11-13-28-57(48)66-58(49)50)65-55-27-12-10-23-47(55)54-33-38-17-4-5-18-39(38)35-56(54)65/h1-36H. The maximum absolute atomic E-state index is 5.46. The number of para-hydroxylation sites is 1. The molecule has 0 aliphatic heterocycles. The van der Waals surface area contributed by atoms with Crippen LogP contribution in [0.5, 0.6) is 0 Å². The van der Waals surface area contributed by atoms with Gasteiger partial charge in [-0.1, -0.05) is 170 Å². The van der Waals surface area contributed by atoms with E-state index in [1.807, 2.05) is 29.5 Å². The van der Waals surface area contributed by atoms with E-state index in [2.05, 4.69) is 205 Å². The number of thiophene rings is 1. The molecule has 14 aromatic rings. The summed E-state index contributed by atoms with van der Waals surface area (Å²) in [5.41, 5.74) is 8.40. The third kappa shape index (κ3) is 5.67. The fraction of sp³-hybridized carbons (Fsp3) is 0. The summed E-state index contributed by atoms with van der Waals surface area (Å²) in [4.78, 5) is 16.1. The lowest BCUT2D eigenvalue weighted by Gasteiger charge is -2.16. The monoisotopic (exact) mass is 856 g/mol. The number of aromatic nitrogens is 4. The van der Waals surface area contributed by atoms with E-state index in [-0.39, 0.29) is 0 Å². The summed E-state index contributed by atoms with van der Waals surface area (Å²) in [5.74, 6) is 1.88. The zero-order chi connectivity index (χ0) is 43.3. The van der Waals surface area contributed by atoms with Gasteiger partial charge in [-0.15, -0.1) is 11.3 Å². The first-order valence-electron chi connectivity index (χ1n) is 22.3. The van der Waals surface area contributed by atoms with Crippen LogP contribution in [0.2, 0.25) is 0 Å². The molecule has 4 nitrogen and oxygen atoms in total. The van der Waals surface area contributed by atoms with Crippen LogP contribution >= 0.6 is 11.3 Å². The second kappa shape index (κ2) is 14.5. The lowest BCUT2D eigenvalue weighted by molar-refractivity contribution is 1.07. The van der Waals surface area contributed by atoms with Gasteiger partial charge in [-0.2, -0.15) is 0 Å². The quantitative estimate of drug-likeness (QED) is 0.162. The molecule has 3 aromatic heterocycles. The molecule has 14 rings (SSSR count). The van der Waals surface area contributed by atoms with E-state index in [9.17, 15) is 0 Å². The minimum Gasteiger partial charge on any atom is -0.309 e. The van der Waals surface area contributed by atoms with Crippen LogP contribution in [0.1, 0.15) is 0 Å². The summed E-state index contributed by atoms with van der Waals surface area (Å²) in [6.45, 7) is 0. The van der Waals surface area contributed by atoms with Gasteiger partial charge in [-0.25, -0.2) is 15.0 Å². The van der Waals surface area contributed by atoms with Crippen molar-refractivity contribution >= 4 is 96.4 Å². The van der Waals surface area contributed by atoms with E-state index in [0.29, 0.717) is 17.5 Å². The van der Waals surface area contributed by atoms with E-state index in [1.54, 1.807) is 0 Å². The van der Waals surface area contributed by atoms with Crippen molar-refractivity contribution in [2.24, 2.45) is 0 Å². The maximum Gasteiger partial charge on any atom is 0.164 e. The fourth-order valence-electron chi connectivity index (χ4n) is 10.4. The second-order valence-corrected chi connectivity index (χ2v) is 18.2. The Morgan fingerprint density at radius 2 is 0.894 bits per heavy atom. The van der Waals surface area contributed by atoms with Crippen LogP contribution in [-0.4, -0.2) is 19.5 Å². The predicted octanol–water partition coefficient (Wildman–Crippen LogP) is 16.6. The Bertz CT molecular complexity index is 4260. The molecule has 0 unspecified atom stereocenters. The average Bonchev–Trinajstić information content (AvgIpc) is 3.93. The molecule has 306 valence electrons. The normalized spacial score (nSPS) is 11.9. The van der Waals surface area contributed by atoms with E-state index in [4.69, 9.17) is 15.0 Å². The molecule has 0 N–H and O–H groups in total. The summed E-state index contributed by atoms with van der Waals surface area (Å²) in [5, 5.41) is 14.7. The largest absolute Gasteiger partial charge is 0.309 e. The molecule has 0 atom stereocenters. The van der Waals surface area contributed by atoms with Crippen molar-refractivity contribution in [1.29, 1.82) is 0 Å². The first kappa shape index (κ1) is 36.9. The third-order valence-electron chi connectivity index (χ3n) is 13.4. The maximum atomic E-state index is 5.46. The molecule has 11 aromatic carbocycles. The van der Waals surface area contributed by atoms with Gasteiger partial charge < -0.3 is 4.57 Å². The summed E-state index contributed by atoms with van der Waals surface area (Å²) >= 11 is 1.84. The summed E-state index contributed by atoms with van der Waals surface area (Å²) < 4.78 is 4.92. The van der Waals surface area contributed by atoms with Crippen LogP contribution in [-0.2, 0) is 0 Å². The molecule has 3 heterocycles. The topological polar surface area (TPSA) is 43.6 Å². The lowest BCUT2D eigenvalue weighted by Crippen LogP contribution is -2.02. The minimum absolute atomic E-state index is 0.621. The highest BCUT2D eigenvalue weighted by Crippen LogP contribution is 2.45. The number of nitrogens with zero attached hydrogens (tertiary/aromatic N) is 4. The number of rotatable bonds is 5. The van der Waals surface area contributed by atoms with Gasteiger partial charge in [0.05, 0.1) is 11.0 Å². The van der Waals surface area contributed by atoms with Gasteiger partial charge in [0.25, 0.3) is 0 Å². The highest BCUT2D eigenvalue weighted by molar-refractivity contribution is 7.26. The highest BCUT2D eigenvalue weighted by atomic mass is 32.1. The van der Waals surface area contributed by atoms with Crippen molar-refractivity contribution in [3.63, 3.8) is 0 Å². The first-order valence-corrected chi connectivity index (χ1v) is 23.2. The minimum atomic E-state index is 0.621. The number of benzene rings is 11. The average molecular weight is 857 g/mol. The van der Waals surface area contributed by atoms with Gasteiger partial charge in [-0.3, -0.25) is 0 Å².